The number of aromatic nitrogens is 1. The number of aromatic amines is 1. The number of nitrogens with zero attached hydrogens (tertiary/aromatic N) is 1. The van der Waals surface area contributed by atoms with E-state index >= 15 is 0 Å². The Morgan fingerprint density at radius 3 is 2.15 bits per heavy atom. The van der Waals surface area contributed by atoms with Gasteiger partial charge in [-0.25, -0.2) is 0 Å². The average molecular weight is 361 g/mol. The molecule has 0 radical (unpaired) electrons. The first kappa shape index (κ1) is 16.9. The second-order valence-corrected chi connectivity index (χ2v) is 7.18. The van der Waals surface area contributed by atoms with E-state index in [0.29, 0.717) is 0 Å². The molecular formula is C23H21ClN2. The Morgan fingerprint density at radius 2 is 1.46 bits per heavy atom. The summed E-state index contributed by atoms with van der Waals surface area (Å²) in [6.45, 7) is 0. The smallest absolute Gasteiger partial charge is 0.0624 e. The van der Waals surface area contributed by atoms with Crippen LogP contribution in [0.1, 0.15) is 17.2 Å². The van der Waals surface area contributed by atoms with Crippen LogP contribution in [0.5, 0.6) is 0 Å². The van der Waals surface area contributed by atoms with E-state index in [4.69, 9.17) is 11.6 Å². The van der Waals surface area contributed by atoms with Crippen LogP contribution in [0.4, 0.5) is 0 Å². The molecule has 1 unspecified atom stereocenters. The Labute approximate surface area is 159 Å². The third-order valence-corrected chi connectivity index (χ3v) is 5.04. The summed E-state index contributed by atoms with van der Waals surface area (Å²) in [7, 11) is 4.26. The van der Waals surface area contributed by atoms with Gasteiger partial charge in [0.15, 0.2) is 0 Å². The lowest BCUT2D eigenvalue weighted by atomic mass is 9.93. The lowest BCUT2D eigenvalue weighted by Crippen LogP contribution is -2.21. The van der Waals surface area contributed by atoms with Gasteiger partial charge in [0.1, 0.15) is 0 Å². The van der Waals surface area contributed by atoms with Crippen molar-refractivity contribution in [3.05, 3.63) is 95.0 Å². The molecule has 1 atom stereocenters. The van der Waals surface area contributed by atoms with Gasteiger partial charge in [0.2, 0.25) is 0 Å². The molecule has 0 spiro atoms. The molecule has 1 heterocycles. The number of halogens is 1. The molecular weight excluding hydrogens is 340 g/mol. The van der Waals surface area contributed by atoms with E-state index in [1.807, 2.05) is 12.1 Å². The first-order valence-electron chi connectivity index (χ1n) is 8.73. The Hall–Kier alpha value is -2.55. The maximum absolute atomic E-state index is 6.11. The molecule has 0 bridgehead atoms. The second kappa shape index (κ2) is 6.99. The van der Waals surface area contributed by atoms with Gasteiger partial charge in [-0.15, -0.1) is 0 Å². The molecule has 0 aliphatic rings. The topological polar surface area (TPSA) is 19.0 Å². The van der Waals surface area contributed by atoms with E-state index in [1.54, 1.807) is 0 Å². The van der Waals surface area contributed by atoms with Gasteiger partial charge in [-0.05, 0) is 43.4 Å². The summed E-state index contributed by atoms with van der Waals surface area (Å²) in [6, 6.07) is 27.3. The van der Waals surface area contributed by atoms with E-state index in [2.05, 4.69) is 90.7 Å². The summed E-state index contributed by atoms with van der Waals surface area (Å²) in [5.74, 6) is 0. The van der Waals surface area contributed by atoms with Crippen molar-refractivity contribution < 1.29 is 0 Å². The highest BCUT2D eigenvalue weighted by atomic mass is 35.5. The zero-order valence-electron chi connectivity index (χ0n) is 14.9. The van der Waals surface area contributed by atoms with Crippen LogP contribution < -0.4 is 0 Å². The monoisotopic (exact) mass is 360 g/mol. The summed E-state index contributed by atoms with van der Waals surface area (Å²) in [4.78, 5) is 5.90. The number of nitrogens with one attached hydrogen (secondary N) is 1. The molecule has 2 nitrogen and oxygen atoms in total. The lowest BCUT2D eigenvalue weighted by Gasteiger charge is -2.26. The maximum Gasteiger partial charge on any atom is 0.0624 e. The van der Waals surface area contributed by atoms with Crippen LogP contribution in [-0.4, -0.2) is 24.0 Å². The Kier molecular flexibility index (Phi) is 4.54. The van der Waals surface area contributed by atoms with Crippen LogP contribution in [0.2, 0.25) is 5.02 Å². The van der Waals surface area contributed by atoms with Crippen LogP contribution in [0.15, 0.2) is 78.9 Å². The Bertz CT molecular complexity index is 1020. The molecule has 0 saturated carbocycles. The molecule has 0 aliphatic heterocycles. The number of hydrogen-bond donors (Lipinski definition) is 1. The van der Waals surface area contributed by atoms with Gasteiger partial charge < -0.3 is 4.98 Å². The van der Waals surface area contributed by atoms with Gasteiger partial charge in [0, 0.05) is 21.5 Å². The summed E-state index contributed by atoms with van der Waals surface area (Å²) < 4.78 is 0. The molecule has 26 heavy (non-hydrogen) atoms. The van der Waals surface area contributed by atoms with Gasteiger partial charge in [-0.2, -0.15) is 0 Å². The normalized spacial score (nSPS) is 12.6. The zero-order valence-corrected chi connectivity index (χ0v) is 15.7. The van der Waals surface area contributed by atoms with Crippen molar-refractivity contribution >= 4 is 22.5 Å². The molecule has 1 aromatic heterocycles. The Morgan fingerprint density at radius 1 is 0.808 bits per heavy atom. The van der Waals surface area contributed by atoms with Crippen molar-refractivity contribution in [2.45, 2.75) is 6.04 Å². The van der Waals surface area contributed by atoms with E-state index in [-0.39, 0.29) is 6.04 Å². The number of benzene rings is 3. The third kappa shape index (κ3) is 3.03. The fourth-order valence-electron chi connectivity index (χ4n) is 3.65. The minimum absolute atomic E-state index is 0.151. The van der Waals surface area contributed by atoms with Crippen molar-refractivity contribution in [2.24, 2.45) is 0 Å². The first-order valence-corrected chi connectivity index (χ1v) is 9.11. The number of rotatable bonds is 4. The van der Waals surface area contributed by atoms with Crippen molar-refractivity contribution in [2.75, 3.05) is 14.1 Å². The van der Waals surface area contributed by atoms with E-state index in [1.165, 1.54) is 16.5 Å². The molecule has 1 N–H and O–H groups in total. The molecule has 3 heteroatoms. The van der Waals surface area contributed by atoms with Gasteiger partial charge in [-0.3, -0.25) is 4.90 Å². The summed E-state index contributed by atoms with van der Waals surface area (Å²) in [5, 5.41) is 2.00. The van der Waals surface area contributed by atoms with Crippen molar-refractivity contribution in [3.63, 3.8) is 0 Å². The summed E-state index contributed by atoms with van der Waals surface area (Å²) in [5.41, 5.74) is 6.00. The minimum Gasteiger partial charge on any atom is -0.354 e. The van der Waals surface area contributed by atoms with Gasteiger partial charge in [-0.1, -0.05) is 72.3 Å². The third-order valence-electron chi connectivity index (χ3n) is 4.78. The predicted octanol–water partition coefficient (Wildman–Crippen LogP) is 6.14. The highest BCUT2D eigenvalue weighted by Gasteiger charge is 2.24. The van der Waals surface area contributed by atoms with Crippen LogP contribution in [-0.2, 0) is 0 Å². The fraction of sp³-hybridized carbons (Fsp3) is 0.130. The highest BCUT2D eigenvalue weighted by molar-refractivity contribution is 6.30. The predicted molar refractivity (Wildman–Crippen MR) is 111 cm³/mol. The molecule has 0 fully saturated rings. The van der Waals surface area contributed by atoms with E-state index in [9.17, 15) is 0 Å². The van der Waals surface area contributed by atoms with Crippen LogP contribution in [0.25, 0.3) is 22.2 Å². The minimum atomic E-state index is 0.151. The lowest BCUT2D eigenvalue weighted by molar-refractivity contribution is 0.344. The molecule has 130 valence electrons. The number of fused-ring (bicyclic) bond motifs is 1. The van der Waals surface area contributed by atoms with Gasteiger partial charge in [0.05, 0.1) is 11.7 Å². The Balaban J connectivity index is 2.00. The van der Waals surface area contributed by atoms with Crippen LogP contribution >= 0.6 is 11.6 Å². The van der Waals surface area contributed by atoms with Crippen molar-refractivity contribution in [1.82, 2.24) is 9.88 Å². The molecule has 0 amide bonds. The first-order chi connectivity index (χ1) is 12.6. The SMILES string of the molecule is CN(C)C(c1ccccc1)c1c(-c2ccc(Cl)cc2)[nH]c2ccccc12. The zero-order chi connectivity index (χ0) is 18.1. The maximum atomic E-state index is 6.11. The largest absolute Gasteiger partial charge is 0.354 e. The molecule has 4 rings (SSSR count). The average Bonchev–Trinajstić information content (AvgIpc) is 3.03. The number of hydrogen-bond acceptors (Lipinski definition) is 1. The summed E-state index contributed by atoms with van der Waals surface area (Å²) >= 11 is 6.11. The number of para-hydroxylation sites is 1. The standard InChI is InChI=1S/C23H21ClN2/c1-26(2)23(17-8-4-3-5-9-17)21-19-10-6-7-11-20(19)25-22(21)16-12-14-18(24)15-13-16/h3-15,23,25H,1-2H3. The van der Waals surface area contributed by atoms with E-state index in [0.717, 1.165) is 21.8 Å². The highest BCUT2D eigenvalue weighted by Crippen LogP contribution is 2.39. The summed E-state index contributed by atoms with van der Waals surface area (Å²) in [6.07, 6.45) is 0. The van der Waals surface area contributed by atoms with Crippen molar-refractivity contribution in [3.8, 4) is 11.3 Å². The molecule has 0 saturated heterocycles. The second-order valence-electron chi connectivity index (χ2n) is 6.74. The van der Waals surface area contributed by atoms with Crippen LogP contribution in [0.3, 0.4) is 0 Å². The molecule has 4 aromatic rings. The number of H-pyrrole nitrogens is 1. The van der Waals surface area contributed by atoms with Gasteiger partial charge in [0.25, 0.3) is 0 Å². The quantitative estimate of drug-likeness (QED) is 0.463. The van der Waals surface area contributed by atoms with Crippen molar-refractivity contribution in [1.29, 1.82) is 0 Å². The van der Waals surface area contributed by atoms with Gasteiger partial charge >= 0.3 is 0 Å². The van der Waals surface area contributed by atoms with Crippen LogP contribution in [0, 0.1) is 0 Å². The molecule has 3 aromatic carbocycles. The van der Waals surface area contributed by atoms with E-state index < -0.39 is 0 Å². The fourth-order valence-corrected chi connectivity index (χ4v) is 3.78. The molecule has 0 aliphatic carbocycles.